The highest BCUT2D eigenvalue weighted by atomic mass is 35.5. The first-order chi connectivity index (χ1) is 16.5. The van der Waals surface area contributed by atoms with Crippen molar-refractivity contribution in [3.05, 3.63) is 57.5 Å². The SMILES string of the molecule is CCOc1cc(/C=C2\SC(=O)N(CC(=O)Nc3cccc(C(F)(F)F)c3)C2=O)cc(Cl)c1OCC. The van der Waals surface area contributed by atoms with Gasteiger partial charge < -0.3 is 14.8 Å². The third kappa shape index (κ3) is 6.49. The molecule has 1 N–H and O–H groups in total. The number of halogens is 4. The Hall–Kier alpha value is -3.18. The number of nitrogens with zero attached hydrogens (tertiary/aromatic N) is 1. The van der Waals surface area contributed by atoms with Gasteiger partial charge in [-0.3, -0.25) is 19.3 Å². The number of carbonyl (C=O) groups is 3. The van der Waals surface area contributed by atoms with E-state index in [0.717, 1.165) is 18.2 Å². The van der Waals surface area contributed by atoms with Crippen LogP contribution in [0.3, 0.4) is 0 Å². The lowest BCUT2D eigenvalue weighted by Gasteiger charge is -2.14. The summed E-state index contributed by atoms with van der Waals surface area (Å²) in [5.41, 5.74) is -0.578. The van der Waals surface area contributed by atoms with Gasteiger partial charge in [-0.1, -0.05) is 17.7 Å². The van der Waals surface area contributed by atoms with E-state index in [1.165, 1.54) is 12.1 Å². The smallest absolute Gasteiger partial charge is 0.416 e. The molecule has 3 amide bonds. The van der Waals surface area contributed by atoms with Gasteiger partial charge in [0.05, 0.1) is 28.7 Å². The molecule has 7 nitrogen and oxygen atoms in total. The average molecular weight is 529 g/mol. The van der Waals surface area contributed by atoms with Crippen molar-refractivity contribution < 1.29 is 37.0 Å². The van der Waals surface area contributed by atoms with Crippen molar-refractivity contribution in [1.82, 2.24) is 4.90 Å². The fourth-order valence-corrected chi connectivity index (χ4v) is 4.24. The van der Waals surface area contributed by atoms with Crippen LogP contribution in [-0.2, 0) is 15.8 Å². The van der Waals surface area contributed by atoms with Gasteiger partial charge in [0.25, 0.3) is 11.1 Å². The van der Waals surface area contributed by atoms with Gasteiger partial charge in [-0.15, -0.1) is 0 Å². The molecule has 0 bridgehead atoms. The maximum atomic E-state index is 12.9. The molecule has 2 aromatic rings. The van der Waals surface area contributed by atoms with E-state index in [4.69, 9.17) is 21.1 Å². The van der Waals surface area contributed by atoms with Crippen molar-refractivity contribution >= 4 is 52.2 Å². The molecule has 0 aliphatic carbocycles. The van der Waals surface area contributed by atoms with Crippen LogP contribution in [0.25, 0.3) is 6.08 Å². The van der Waals surface area contributed by atoms with Crippen LogP contribution in [0.15, 0.2) is 41.3 Å². The highest BCUT2D eigenvalue weighted by molar-refractivity contribution is 8.18. The lowest BCUT2D eigenvalue weighted by Crippen LogP contribution is -2.36. The fourth-order valence-electron chi connectivity index (χ4n) is 3.12. The summed E-state index contributed by atoms with van der Waals surface area (Å²) in [6, 6.07) is 7.18. The monoisotopic (exact) mass is 528 g/mol. The molecule has 1 saturated heterocycles. The van der Waals surface area contributed by atoms with Gasteiger partial charge in [0.15, 0.2) is 11.5 Å². The molecule has 0 spiro atoms. The van der Waals surface area contributed by atoms with Crippen LogP contribution in [0, 0.1) is 0 Å². The quantitative estimate of drug-likeness (QED) is 0.434. The van der Waals surface area contributed by atoms with Crippen LogP contribution >= 0.6 is 23.4 Å². The number of benzene rings is 2. The number of hydrogen-bond donors (Lipinski definition) is 1. The number of rotatable bonds is 8. The van der Waals surface area contributed by atoms with Gasteiger partial charge in [0.1, 0.15) is 6.54 Å². The largest absolute Gasteiger partial charge is 0.490 e. The predicted molar refractivity (Wildman–Crippen MR) is 127 cm³/mol. The summed E-state index contributed by atoms with van der Waals surface area (Å²) >= 11 is 6.91. The number of amides is 3. The molecule has 1 aliphatic heterocycles. The summed E-state index contributed by atoms with van der Waals surface area (Å²) in [4.78, 5) is 38.2. The van der Waals surface area contributed by atoms with Crippen LogP contribution in [-0.4, -0.2) is 41.7 Å². The molecule has 35 heavy (non-hydrogen) atoms. The topological polar surface area (TPSA) is 84.9 Å². The molecule has 1 fully saturated rings. The number of thioether (sulfide) groups is 1. The third-order valence-corrected chi connectivity index (χ3v) is 5.76. The summed E-state index contributed by atoms with van der Waals surface area (Å²) in [7, 11) is 0. The summed E-state index contributed by atoms with van der Waals surface area (Å²) in [6.07, 6.45) is -3.15. The van der Waals surface area contributed by atoms with Gasteiger partial charge in [-0.25, -0.2) is 0 Å². The summed E-state index contributed by atoms with van der Waals surface area (Å²) in [5, 5.41) is 1.83. The Morgan fingerprint density at radius 3 is 2.51 bits per heavy atom. The molecule has 186 valence electrons. The molecule has 1 heterocycles. The molecule has 2 aromatic carbocycles. The molecule has 1 aliphatic rings. The first-order valence-electron chi connectivity index (χ1n) is 10.3. The van der Waals surface area contributed by atoms with E-state index in [9.17, 15) is 27.6 Å². The molecule has 0 saturated carbocycles. The Kier molecular flexibility index (Phi) is 8.34. The number of hydrogen-bond acceptors (Lipinski definition) is 6. The number of carbonyl (C=O) groups excluding carboxylic acids is 3. The van der Waals surface area contributed by atoms with Crippen LogP contribution in [0.4, 0.5) is 23.7 Å². The zero-order valence-corrected chi connectivity index (χ0v) is 20.1. The molecule has 0 radical (unpaired) electrons. The molecule has 3 rings (SSSR count). The number of nitrogens with one attached hydrogen (secondary N) is 1. The van der Waals surface area contributed by atoms with Crippen molar-refractivity contribution in [1.29, 1.82) is 0 Å². The van der Waals surface area contributed by atoms with E-state index in [-0.39, 0.29) is 15.6 Å². The van der Waals surface area contributed by atoms with E-state index in [0.29, 0.717) is 46.9 Å². The Labute approximate surface area is 208 Å². The van der Waals surface area contributed by atoms with Gasteiger partial charge in [-0.05, 0) is 67.6 Å². The van der Waals surface area contributed by atoms with E-state index in [1.807, 2.05) is 0 Å². The first kappa shape index (κ1) is 26.4. The van der Waals surface area contributed by atoms with Crippen molar-refractivity contribution in [3.8, 4) is 11.5 Å². The van der Waals surface area contributed by atoms with Crippen molar-refractivity contribution in [2.75, 3.05) is 25.1 Å². The Morgan fingerprint density at radius 2 is 1.86 bits per heavy atom. The van der Waals surface area contributed by atoms with Crippen molar-refractivity contribution in [3.63, 3.8) is 0 Å². The van der Waals surface area contributed by atoms with Crippen LogP contribution < -0.4 is 14.8 Å². The van der Waals surface area contributed by atoms with E-state index >= 15 is 0 Å². The lowest BCUT2D eigenvalue weighted by atomic mass is 10.1. The van der Waals surface area contributed by atoms with E-state index < -0.39 is 35.3 Å². The number of ether oxygens (including phenoxy) is 2. The number of alkyl halides is 3. The minimum atomic E-state index is -4.58. The highest BCUT2D eigenvalue weighted by Gasteiger charge is 2.36. The minimum absolute atomic E-state index is 0.0459. The number of anilines is 1. The second-order valence-corrected chi connectivity index (χ2v) is 8.49. The maximum Gasteiger partial charge on any atom is 0.416 e. The standard InChI is InChI=1S/C23H20ClF3N2O5S/c1-3-33-17-9-13(8-16(24)20(17)34-4-2)10-18-21(31)29(22(32)35-18)12-19(30)28-15-7-5-6-14(11-15)23(25,26)27/h5-11H,3-4,12H2,1-2H3,(H,28,30)/b18-10-. The van der Waals surface area contributed by atoms with E-state index in [1.54, 1.807) is 26.0 Å². The Morgan fingerprint density at radius 1 is 1.14 bits per heavy atom. The van der Waals surface area contributed by atoms with Crippen LogP contribution in [0.5, 0.6) is 11.5 Å². The van der Waals surface area contributed by atoms with Gasteiger partial charge in [-0.2, -0.15) is 13.2 Å². The highest BCUT2D eigenvalue weighted by Crippen LogP contribution is 2.39. The Bertz CT molecular complexity index is 1190. The lowest BCUT2D eigenvalue weighted by molar-refractivity contribution is -0.137. The maximum absolute atomic E-state index is 12.9. The average Bonchev–Trinajstić information content (AvgIpc) is 3.03. The van der Waals surface area contributed by atoms with Crippen LogP contribution in [0.2, 0.25) is 5.02 Å². The molecule has 0 atom stereocenters. The predicted octanol–water partition coefficient (Wildman–Crippen LogP) is 5.83. The molecule has 12 heteroatoms. The zero-order chi connectivity index (χ0) is 25.8. The third-order valence-electron chi connectivity index (χ3n) is 4.57. The summed E-state index contributed by atoms with van der Waals surface area (Å²) in [6.45, 7) is 3.62. The van der Waals surface area contributed by atoms with Gasteiger partial charge in [0, 0.05) is 5.69 Å². The van der Waals surface area contributed by atoms with E-state index in [2.05, 4.69) is 5.32 Å². The molecule has 0 unspecified atom stereocenters. The molecular formula is C23H20ClF3N2O5S. The second kappa shape index (κ2) is 11.0. The first-order valence-corrected chi connectivity index (χ1v) is 11.5. The minimum Gasteiger partial charge on any atom is -0.490 e. The van der Waals surface area contributed by atoms with Gasteiger partial charge >= 0.3 is 6.18 Å². The van der Waals surface area contributed by atoms with Crippen molar-refractivity contribution in [2.24, 2.45) is 0 Å². The van der Waals surface area contributed by atoms with Crippen molar-refractivity contribution in [2.45, 2.75) is 20.0 Å². The summed E-state index contributed by atoms with van der Waals surface area (Å²) in [5.74, 6) is -0.821. The fraction of sp³-hybridized carbons (Fsp3) is 0.261. The Balaban J connectivity index is 1.75. The van der Waals surface area contributed by atoms with Gasteiger partial charge in [0.2, 0.25) is 5.91 Å². The molecule has 0 aromatic heterocycles. The van der Waals surface area contributed by atoms with Crippen LogP contribution in [0.1, 0.15) is 25.0 Å². The zero-order valence-electron chi connectivity index (χ0n) is 18.6. The summed E-state index contributed by atoms with van der Waals surface area (Å²) < 4.78 is 49.7. The second-order valence-electron chi connectivity index (χ2n) is 7.09. The number of imide groups is 1. The normalized spacial score (nSPS) is 15.0. The molecular weight excluding hydrogens is 509 g/mol.